The molecule has 1 atom stereocenters. The van der Waals surface area contributed by atoms with Crippen LogP contribution in [0, 0.1) is 0 Å². The second-order valence-corrected chi connectivity index (χ2v) is 5.25. The van der Waals surface area contributed by atoms with E-state index in [1.165, 1.54) is 0 Å². The van der Waals surface area contributed by atoms with E-state index in [9.17, 15) is 5.11 Å². The molecule has 0 radical (unpaired) electrons. The van der Waals surface area contributed by atoms with Crippen LogP contribution in [0.15, 0.2) is 66.9 Å². The second kappa shape index (κ2) is 5.54. The molecule has 1 aromatic heterocycles. The van der Waals surface area contributed by atoms with Crippen molar-refractivity contribution in [2.24, 2.45) is 0 Å². The van der Waals surface area contributed by atoms with Crippen LogP contribution in [0.1, 0.15) is 12.5 Å². The lowest BCUT2D eigenvalue weighted by Crippen LogP contribution is -2.29. The summed E-state index contributed by atoms with van der Waals surface area (Å²) in [6, 6.07) is 19.1. The van der Waals surface area contributed by atoms with E-state index in [0.29, 0.717) is 0 Å². The van der Waals surface area contributed by atoms with Gasteiger partial charge in [0, 0.05) is 11.6 Å². The molecule has 0 aliphatic carbocycles. The standard InChI is InChI=1S/C18H17NO2/c1-18(20,14-7-3-2-4-8-14)13-21-17-11-5-10-16-15(17)9-6-12-19-16/h2-12,20H,13H2,1H3. The molecule has 0 fully saturated rings. The Morgan fingerprint density at radius 1 is 1.00 bits per heavy atom. The summed E-state index contributed by atoms with van der Waals surface area (Å²) in [5.74, 6) is 0.733. The van der Waals surface area contributed by atoms with Crippen molar-refractivity contribution in [3.05, 3.63) is 72.4 Å². The van der Waals surface area contributed by atoms with Gasteiger partial charge in [0.25, 0.3) is 0 Å². The number of hydrogen-bond donors (Lipinski definition) is 1. The van der Waals surface area contributed by atoms with Gasteiger partial charge >= 0.3 is 0 Å². The lowest BCUT2D eigenvalue weighted by atomic mass is 9.97. The lowest BCUT2D eigenvalue weighted by molar-refractivity contribution is 0.00810. The van der Waals surface area contributed by atoms with Crippen molar-refractivity contribution in [1.29, 1.82) is 0 Å². The fourth-order valence-electron chi connectivity index (χ4n) is 2.30. The summed E-state index contributed by atoms with van der Waals surface area (Å²) in [6.45, 7) is 1.94. The first-order valence-corrected chi connectivity index (χ1v) is 6.91. The first kappa shape index (κ1) is 13.6. The molecule has 3 aromatic rings. The summed E-state index contributed by atoms with van der Waals surface area (Å²) in [5.41, 5.74) is 0.684. The monoisotopic (exact) mass is 279 g/mol. The summed E-state index contributed by atoms with van der Waals surface area (Å²) in [7, 11) is 0. The molecule has 2 aromatic carbocycles. The molecule has 0 saturated carbocycles. The summed E-state index contributed by atoms with van der Waals surface area (Å²) in [5, 5.41) is 11.5. The highest BCUT2D eigenvalue weighted by atomic mass is 16.5. The molecule has 0 spiro atoms. The quantitative estimate of drug-likeness (QED) is 0.794. The van der Waals surface area contributed by atoms with Crippen LogP contribution in [0.5, 0.6) is 5.75 Å². The summed E-state index contributed by atoms with van der Waals surface area (Å²) >= 11 is 0. The average molecular weight is 279 g/mol. The number of rotatable bonds is 4. The van der Waals surface area contributed by atoms with Crippen molar-refractivity contribution < 1.29 is 9.84 Å². The van der Waals surface area contributed by atoms with Crippen LogP contribution in [0.25, 0.3) is 10.9 Å². The SMILES string of the molecule is CC(O)(COc1cccc2ncccc12)c1ccccc1. The van der Waals surface area contributed by atoms with Gasteiger partial charge in [0.05, 0.1) is 5.52 Å². The smallest absolute Gasteiger partial charge is 0.128 e. The Morgan fingerprint density at radius 2 is 1.81 bits per heavy atom. The van der Waals surface area contributed by atoms with E-state index in [2.05, 4.69) is 4.98 Å². The molecular formula is C18H17NO2. The van der Waals surface area contributed by atoms with Gasteiger partial charge in [-0.3, -0.25) is 4.98 Å². The molecule has 1 unspecified atom stereocenters. The highest BCUT2D eigenvalue weighted by molar-refractivity contribution is 5.84. The largest absolute Gasteiger partial charge is 0.490 e. The van der Waals surface area contributed by atoms with Gasteiger partial charge in [-0.2, -0.15) is 0 Å². The second-order valence-electron chi connectivity index (χ2n) is 5.25. The lowest BCUT2D eigenvalue weighted by Gasteiger charge is -2.24. The van der Waals surface area contributed by atoms with Gasteiger partial charge in [0.1, 0.15) is 18.0 Å². The highest BCUT2D eigenvalue weighted by Gasteiger charge is 2.24. The van der Waals surface area contributed by atoms with Crippen LogP contribution in [-0.4, -0.2) is 16.7 Å². The first-order valence-electron chi connectivity index (χ1n) is 6.91. The van der Waals surface area contributed by atoms with Crippen LogP contribution in [0.2, 0.25) is 0 Å². The highest BCUT2D eigenvalue weighted by Crippen LogP contribution is 2.27. The van der Waals surface area contributed by atoms with Crippen molar-refractivity contribution in [1.82, 2.24) is 4.98 Å². The number of fused-ring (bicyclic) bond motifs is 1. The molecule has 1 heterocycles. The topological polar surface area (TPSA) is 42.4 Å². The zero-order valence-corrected chi connectivity index (χ0v) is 11.9. The van der Waals surface area contributed by atoms with E-state index in [4.69, 9.17) is 4.74 Å². The van der Waals surface area contributed by atoms with Gasteiger partial charge in [0.15, 0.2) is 0 Å². The van der Waals surface area contributed by atoms with Gasteiger partial charge in [-0.25, -0.2) is 0 Å². The van der Waals surface area contributed by atoms with Crippen molar-refractivity contribution in [2.45, 2.75) is 12.5 Å². The Labute approximate surface area is 123 Å². The van der Waals surface area contributed by atoms with Gasteiger partial charge in [-0.15, -0.1) is 0 Å². The minimum Gasteiger partial charge on any atom is -0.490 e. The van der Waals surface area contributed by atoms with E-state index >= 15 is 0 Å². The number of hydrogen-bond acceptors (Lipinski definition) is 3. The Balaban J connectivity index is 1.84. The average Bonchev–Trinajstić information content (AvgIpc) is 2.54. The molecule has 21 heavy (non-hydrogen) atoms. The van der Waals surface area contributed by atoms with Crippen LogP contribution in [-0.2, 0) is 5.60 Å². The molecular weight excluding hydrogens is 262 g/mol. The number of nitrogens with zero attached hydrogens (tertiary/aromatic N) is 1. The minimum absolute atomic E-state index is 0.186. The van der Waals surface area contributed by atoms with E-state index in [0.717, 1.165) is 22.2 Å². The van der Waals surface area contributed by atoms with Crippen LogP contribution >= 0.6 is 0 Å². The third kappa shape index (κ3) is 2.88. The van der Waals surface area contributed by atoms with Crippen molar-refractivity contribution >= 4 is 10.9 Å². The maximum atomic E-state index is 10.6. The molecule has 3 nitrogen and oxygen atoms in total. The molecule has 0 saturated heterocycles. The van der Waals surface area contributed by atoms with E-state index in [-0.39, 0.29) is 6.61 Å². The number of benzene rings is 2. The molecule has 3 rings (SSSR count). The summed E-state index contributed by atoms with van der Waals surface area (Å²) in [6.07, 6.45) is 1.76. The molecule has 3 heteroatoms. The van der Waals surface area contributed by atoms with Gasteiger partial charge in [-0.1, -0.05) is 36.4 Å². The predicted octanol–water partition coefficient (Wildman–Crippen LogP) is 3.52. The first-order chi connectivity index (χ1) is 10.2. The van der Waals surface area contributed by atoms with Gasteiger partial charge in [-0.05, 0) is 36.8 Å². The maximum absolute atomic E-state index is 10.6. The van der Waals surface area contributed by atoms with E-state index in [1.54, 1.807) is 13.1 Å². The molecule has 0 bridgehead atoms. The summed E-state index contributed by atoms with van der Waals surface area (Å²) in [4.78, 5) is 4.30. The van der Waals surface area contributed by atoms with E-state index < -0.39 is 5.60 Å². The maximum Gasteiger partial charge on any atom is 0.128 e. The zero-order chi connectivity index (χ0) is 14.7. The molecule has 0 aliphatic heterocycles. The molecule has 0 aliphatic rings. The molecule has 106 valence electrons. The number of pyridine rings is 1. The molecule has 0 amide bonds. The van der Waals surface area contributed by atoms with Crippen molar-refractivity contribution in [3.8, 4) is 5.75 Å². The number of ether oxygens (including phenoxy) is 1. The Kier molecular flexibility index (Phi) is 3.59. The van der Waals surface area contributed by atoms with E-state index in [1.807, 2.05) is 60.7 Å². The zero-order valence-electron chi connectivity index (χ0n) is 11.9. The minimum atomic E-state index is -1.04. The Bertz CT molecular complexity index is 733. The van der Waals surface area contributed by atoms with Crippen LogP contribution < -0.4 is 4.74 Å². The fourth-order valence-corrected chi connectivity index (χ4v) is 2.30. The van der Waals surface area contributed by atoms with Gasteiger partial charge < -0.3 is 9.84 Å². The third-order valence-electron chi connectivity index (χ3n) is 3.51. The predicted molar refractivity (Wildman–Crippen MR) is 83.3 cm³/mol. The Hall–Kier alpha value is -2.39. The normalized spacial score (nSPS) is 13.8. The van der Waals surface area contributed by atoms with Crippen LogP contribution in [0.4, 0.5) is 0 Å². The Morgan fingerprint density at radius 3 is 2.62 bits per heavy atom. The number of aliphatic hydroxyl groups is 1. The van der Waals surface area contributed by atoms with Gasteiger partial charge in [0.2, 0.25) is 0 Å². The van der Waals surface area contributed by atoms with Crippen molar-refractivity contribution in [2.75, 3.05) is 6.61 Å². The fraction of sp³-hybridized carbons (Fsp3) is 0.167. The van der Waals surface area contributed by atoms with Crippen molar-refractivity contribution in [3.63, 3.8) is 0 Å². The third-order valence-corrected chi connectivity index (χ3v) is 3.51. The molecule has 1 N–H and O–H groups in total. The summed E-state index contributed by atoms with van der Waals surface area (Å²) < 4.78 is 5.85. The van der Waals surface area contributed by atoms with Crippen LogP contribution in [0.3, 0.4) is 0 Å². The number of aromatic nitrogens is 1.